The molecular formula is C32H29N3O3. The van der Waals surface area contributed by atoms with Crippen LogP contribution in [0.5, 0.6) is 5.75 Å². The first-order chi connectivity index (χ1) is 18.6. The first-order valence-electron chi connectivity index (χ1n) is 12.7. The largest absolute Gasteiger partial charge is 0.494 e. The predicted octanol–water partition coefficient (Wildman–Crippen LogP) is 5.54. The van der Waals surface area contributed by atoms with Crippen LogP contribution < -0.4 is 10.1 Å². The van der Waals surface area contributed by atoms with Gasteiger partial charge in [0.1, 0.15) is 5.75 Å². The number of guanidine groups is 1. The molecule has 5 rings (SSSR count). The molecule has 0 saturated carbocycles. The number of carbonyl (C=O) groups excluding carboxylic acids is 2. The van der Waals surface area contributed by atoms with E-state index in [-0.39, 0.29) is 24.2 Å². The molecule has 1 aliphatic rings. The summed E-state index contributed by atoms with van der Waals surface area (Å²) in [4.78, 5) is 28.3. The molecule has 4 aromatic carbocycles. The minimum Gasteiger partial charge on any atom is -0.494 e. The average Bonchev–Trinajstić information content (AvgIpc) is 3.22. The summed E-state index contributed by atoms with van der Waals surface area (Å²) in [5.41, 5.74) is 1.72. The highest BCUT2D eigenvalue weighted by Gasteiger charge is 2.52. The molecule has 1 aliphatic heterocycles. The lowest BCUT2D eigenvalue weighted by molar-refractivity contribution is -0.130. The van der Waals surface area contributed by atoms with Gasteiger partial charge < -0.3 is 10.1 Å². The Morgan fingerprint density at radius 3 is 2.05 bits per heavy atom. The SMILES string of the molecule is N=C1NC(c2ccccc2)(c2ccccc2)C(=O)N1Cc1cccc(C(=O)CCCOc2ccccc2)c1. The van der Waals surface area contributed by atoms with E-state index in [1.165, 1.54) is 4.90 Å². The van der Waals surface area contributed by atoms with Gasteiger partial charge in [0.25, 0.3) is 5.91 Å². The Morgan fingerprint density at radius 2 is 1.42 bits per heavy atom. The Balaban J connectivity index is 1.30. The Bertz CT molecular complexity index is 1380. The topological polar surface area (TPSA) is 82.5 Å². The lowest BCUT2D eigenvalue weighted by Crippen LogP contribution is -2.45. The van der Waals surface area contributed by atoms with Gasteiger partial charge in [-0.1, -0.05) is 97.1 Å². The quantitative estimate of drug-likeness (QED) is 0.220. The van der Waals surface area contributed by atoms with E-state index in [1.54, 1.807) is 6.07 Å². The number of amides is 1. The van der Waals surface area contributed by atoms with Crippen molar-refractivity contribution < 1.29 is 14.3 Å². The van der Waals surface area contributed by atoms with Gasteiger partial charge >= 0.3 is 0 Å². The zero-order valence-electron chi connectivity index (χ0n) is 21.0. The molecule has 1 fully saturated rings. The van der Waals surface area contributed by atoms with Crippen LogP contribution in [0.15, 0.2) is 115 Å². The summed E-state index contributed by atoms with van der Waals surface area (Å²) >= 11 is 0. The van der Waals surface area contributed by atoms with E-state index in [9.17, 15) is 9.59 Å². The van der Waals surface area contributed by atoms with Crippen LogP contribution >= 0.6 is 0 Å². The molecule has 0 atom stereocenters. The lowest BCUT2D eigenvalue weighted by atomic mass is 9.82. The third-order valence-corrected chi connectivity index (χ3v) is 6.71. The number of Topliss-reactive ketones (excluding diaryl/α,β-unsaturated/α-hetero) is 1. The number of hydrogen-bond acceptors (Lipinski definition) is 4. The third kappa shape index (κ3) is 5.06. The second kappa shape index (κ2) is 11.1. The van der Waals surface area contributed by atoms with E-state index in [2.05, 4.69) is 5.32 Å². The Morgan fingerprint density at radius 1 is 0.816 bits per heavy atom. The van der Waals surface area contributed by atoms with Crippen molar-refractivity contribution in [3.63, 3.8) is 0 Å². The van der Waals surface area contributed by atoms with Crippen LogP contribution in [0, 0.1) is 5.41 Å². The summed E-state index contributed by atoms with van der Waals surface area (Å²) in [5, 5.41) is 11.9. The number of para-hydroxylation sites is 1. The summed E-state index contributed by atoms with van der Waals surface area (Å²) in [6.45, 7) is 0.645. The summed E-state index contributed by atoms with van der Waals surface area (Å²) in [6, 6.07) is 35.8. The average molecular weight is 504 g/mol. The number of rotatable bonds is 10. The van der Waals surface area contributed by atoms with Crippen LogP contribution in [0.25, 0.3) is 0 Å². The number of carbonyl (C=O) groups is 2. The first-order valence-corrected chi connectivity index (χ1v) is 12.7. The van der Waals surface area contributed by atoms with Crippen LogP contribution in [-0.2, 0) is 16.9 Å². The van der Waals surface area contributed by atoms with Crippen molar-refractivity contribution in [2.75, 3.05) is 6.61 Å². The molecule has 1 heterocycles. The molecular weight excluding hydrogens is 474 g/mol. The Hall–Kier alpha value is -4.71. The summed E-state index contributed by atoms with van der Waals surface area (Å²) in [6.07, 6.45) is 0.967. The molecule has 0 bridgehead atoms. The maximum atomic E-state index is 14.0. The number of nitrogens with one attached hydrogen (secondary N) is 2. The number of hydrogen-bond donors (Lipinski definition) is 2. The van der Waals surface area contributed by atoms with E-state index in [0.29, 0.717) is 25.0 Å². The van der Waals surface area contributed by atoms with Crippen molar-refractivity contribution in [1.29, 1.82) is 5.41 Å². The maximum absolute atomic E-state index is 14.0. The van der Waals surface area contributed by atoms with Crippen LogP contribution in [0.4, 0.5) is 0 Å². The second-order valence-electron chi connectivity index (χ2n) is 9.24. The molecule has 4 aromatic rings. The number of ketones is 1. The maximum Gasteiger partial charge on any atom is 0.264 e. The van der Waals surface area contributed by atoms with E-state index in [1.807, 2.05) is 109 Å². The third-order valence-electron chi connectivity index (χ3n) is 6.71. The smallest absolute Gasteiger partial charge is 0.264 e. The van der Waals surface area contributed by atoms with Crippen LogP contribution in [0.1, 0.15) is 39.9 Å². The molecule has 1 amide bonds. The van der Waals surface area contributed by atoms with Crippen molar-refractivity contribution in [2.45, 2.75) is 24.9 Å². The first kappa shape index (κ1) is 25.0. The minimum absolute atomic E-state index is 0.0207. The normalized spacial score (nSPS) is 14.3. The lowest BCUT2D eigenvalue weighted by Gasteiger charge is -2.28. The highest BCUT2D eigenvalue weighted by Crippen LogP contribution is 2.36. The number of benzene rings is 4. The van der Waals surface area contributed by atoms with E-state index in [0.717, 1.165) is 22.4 Å². The van der Waals surface area contributed by atoms with Gasteiger partial charge in [-0.2, -0.15) is 0 Å². The zero-order chi connectivity index (χ0) is 26.4. The fraction of sp³-hybridized carbons (Fsp3) is 0.156. The van der Waals surface area contributed by atoms with Gasteiger partial charge in [0.05, 0.1) is 13.2 Å². The molecule has 0 aromatic heterocycles. The van der Waals surface area contributed by atoms with Gasteiger partial charge in [0.15, 0.2) is 17.3 Å². The van der Waals surface area contributed by atoms with Crippen molar-refractivity contribution >= 4 is 17.6 Å². The fourth-order valence-electron chi connectivity index (χ4n) is 4.80. The molecule has 38 heavy (non-hydrogen) atoms. The molecule has 0 unspecified atom stereocenters. The van der Waals surface area contributed by atoms with Gasteiger partial charge in [0, 0.05) is 12.0 Å². The highest BCUT2D eigenvalue weighted by atomic mass is 16.5. The standard InChI is InChI=1S/C32H29N3O3/c33-31-34-32(26-14-4-1-5-15-26,27-16-6-2-7-17-27)30(37)35(31)23-24-12-10-13-25(22-24)29(36)20-11-21-38-28-18-8-3-9-19-28/h1-10,12-19,22H,11,20-21,23H2,(H2,33,34). The van der Waals surface area contributed by atoms with Crippen molar-refractivity contribution in [2.24, 2.45) is 0 Å². The van der Waals surface area contributed by atoms with Crippen molar-refractivity contribution in [3.05, 3.63) is 138 Å². The van der Waals surface area contributed by atoms with Crippen LogP contribution in [-0.4, -0.2) is 29.2 Å². The molecule has 0 radical (unpaired) electrons. The van der Waals surface area contributed by atoms with Gasteiger partial charge in [-0.3, -0.25) is 19.9 Å². The van der Waals surface area contributed by atoms with E-state index in [4.69, 9.17) is 10.1 Å². The summed E-state index contributed by atoms with van der Waals surface area (Å²) < 4.78 is 5.69. The van der Waals surface area contributed by atoms with Crippen molar-refractivity contribution in [3.8, 4) is 5.75 Å². The predicted molar refractivity (Wildman–Crippen MR) is 147 cm³/mol. The summed E-state index contributed by atoms with van der Waals surface area (Å²) in [7, 11) is 0. The van der Waals surface area contributed by atoms with E-state index < -0.39 is 5.54 Å². The van der Waals surface area contributed by atoms with Crippen molar-refractivity contribution in [1.82, 2.24) is 10.2 Å². The summed E-state index contributed by atoms with van der Waals surface area (Å²) in [5.74, 6) is 0.606. The molecule has 1 saturated heterocycles. The van der Waals surface area contributed by atoms with Gasteiger partial charge in [-0.05, 0) is 41.3 Å². The van der Waals surface area contributed by atoms with Crippen LogP contribution in [0.2, 0.25) is 0 Å². The number of ether oxygens (including phenoxy) is 1. The molecule has 0 spiro atoms. The van der Waals surface area contributed by atoms with Gasteiger partial charge in [-0.15, -0.1) is 0 Å². The fourth-order valence-corrected chi connectivity index (χ4v) is 4.80. The highest BCUT2D eigenvalue weighted by molar-refractivity contribution is 6.10. The monoisotopic (exact) mass is 503 g/mol. The molecule has 2 N–H and O–H groups in total. The molecule has 6 nitrogen and oxygen atoms in total. The van der Waals surface area contributed by atoms with Gasteiger partial charge in [0.2, 0.25) is 0 Å². The molecule has 190 valence electrons. The minimum atomic E-state index is -1.19. The van der Waals surface area contributed by atoms with E-state index >= 15 is 0 Å². The zero-order valence-corrected chi connectivity index (χ0v) is 21.0. The molecule has 0 aliphatic carbocycles. The number of nitrogens with zero attached hydrogens (tertiary/aromatic N) is 1. The van der Waals surface area contributed by atoms with Gasteiger partial charge in [-0.25, -0.2) is 0 Å². The molecule has 6 heteroatoms. The Kier molecular flexibility index (Phi) is 7.31. The Labute approximate surface area is 222 Å². The second-order valence-corrected chi connectivity index (χ2v) is 9.24. The van der Waals surface area contributed by atoms with Crippen LogP contribution in [0.3, 0.4) is 0 Å².